The van der Waals surface area contributed by atoms with Crippen LogP contribution in [-0.4, -0.2) is 44.7 Å². The van der Waals surface area contributed by atoms with Crippen molar-refractivity contribution in [2.45, 2.75) is 110 Å². The predicted octanol–water partition coefficient (Wildman–Crippen LogP) is 11.4. The molecule has 0 saturated heterocycles. The summed E-state index contributed by atoms with van der Waals surface area (Å²) in [6, 6.07) is 26.7. The third-order valence-corrected chi connectivity index (χ3v) is 13.9. The van der Waals surface area contributed by atoms with Crippen molar-refractivity contribution in [2.75, 3.05) is 42.8 Å². The topological polar surface area (TPSA) is 71.1 Å². The maximum absolute atomic E-state index is 15.1. The molecule has 58 heavy (non-hydrogen) atoms. The minimum atomic E-state index is -1.05. The Morgan fingerprint density at radius 3 is 2.24 bits per heavy atom. The molecule has 1 amide bonds. The summed E-state index contributed by atoms with van der Waals surface area (Å²) in [6.07, 6.45) is 4.74. The zero-order valence-electron chi connectivity index (χ0n) is 36.4. The molecule has 1 aliphatic heterocycles. The molecule has 308 valence electrons. The van der Waals surface area contributed by atoms with Gasteiger partial charge in [-0.05, 0) is 110 Å². The predicted molar refractivity (Wildman–Crippen MR) is 242 cm³/mol. The van der Waals surface area contributed by atoms with E-state index in [0.717, 1.165) is 71.7 Å². The van der Waals surface area contributed by atoms with E-state index < -0.39 is 4.87 Å². The molecule has 6 rings (SSSR count). The number of nitrogens with one attached hydrogen (secondary N) is 1. The molecule has 0 radical (unpaired) electrons. The standard InChI is InChI=1S/C50H63N3O4S/c1-11-48(7,8)37-23-26-43(41(30-37)49(9,10)12-2)56-28-18-27-51-33-57-44-31-50(45-34(5)19-17-22-40(45)46(44)54)53(47(55)39-21-16-15-20-36(39)32-58-50)42-25-24-38(29-35(42)6)52(13-3)14-4/h15-17,19-26,29-31,51H,11-14,18,27-28,32-33H2,1-10H3. The van der Waals surface area contributed by atoms with Crippen molar-refractivity contribution in [3.05, 3.63) is 135 Å². The molecule has 1 atom stereocenters. The fourth-order valence-electron chi connectivity index (χ4n) is 8.10. The van der Waals surface area contributed by atoms with Crippen LogP contribution < -0.4 is 19.9 Å². The van der Waals surface area contributed by atoms with Crippen molar-refractivity contribution in [1.82, 2.24) is 5.32 Å². The van der Waals surface area contributed by atoms with Gasteiger partial charge in [-0.1, -0.05) is 90.1 Å². The lowest BCUT2D eigenvalue weighted by Crippen LogP contribution is -2.49. The van der Waals surface area contributed by atoms with Gasteiger partial charge >= 0.3 is 0 Å². The van der Waals surface area contributed by atoms with E-state index in [2.05, 4.69) is 109 Å². The number of anilines is 2. The van der Waals surface area contributed by atoms with Gasteiger partial charge in [0.1, 0.15) is 17.4 Å². The molecule has 0 bridgehead atoms. The molecule has 1 unspecified atom stereocenters. The number of rotatable bonds is 16. The number of hydrogen-bond donors (Lipinski definition) is 1. The van der Waals surface area contributed by atoms with Crippen LogP contribution in [0.3, 0.4) is 0 Å². The molecule has 4 aromatic rings. The Bertz CT molecular complexity index is 2170. The highest BCUT2D eigenvalue weighted by Crippen LogP contribution is 2.54. The molecule has 1 N–H and O–H groups in total. The number of nitrogens with zero attached hydrogens (tertiary/aromatic N) is 2. The first-order valence-corrected chi connectivity index (χ1v) is 22.1. The van der Waals surface area contributed by atoms with Gasteiger partial charge in [0.2, 0.25) is 5.78 Å². The van der Waals surface area contributed by atoms with Crippen molar-refractivity contribution in [1.29, 1.82) is 0 Å². The Kier molecular flexibility index (Phi) is 13.2. The molecule has 8 heteroatoms. The number of hydrogen-bond acceptors (Lipinski definition) is 7. The first-order chi connectivity index (χ1) is 27.7. The fourth-order valence-corrected chi connectivity index (χ4v) is 9.64. The Labute approximate surface area is 351 Å². The van der Waals surface area contributed by atoms with E-state index in [1.54, 1.807) is 11.8 Å². The molecule has 4 aromatic carbocycles. The van der Waals surface area contributed by atoms with Crippen LogP contribution in [0.15, 0.2) is 90.7 Å². The maximum Gasteiger partial charge on any atom is 0.260 e. The number of ketones is 1. The van der Waals surface area contributed by atoms with Crippen LogP contribution in [0.1, 0.15) is 129 Å². The van der Waals surface area contributed by atoms with E-state index in [4.69, 9.17) is 9.47 Å². The van der Waals surface area contributed by atoms with Crippen LogP contribution >= 0.6 is 11.8 Å². The zero-order valence-corrected chi connectivity index (χ0v) is 37.2. The average molecular weight is 802 g/mol. The number of amides is 1. The third kappa shape index (κ3) is 8.33. The van der Waals surface area contributed by atoms with Crippen molar-refractivity contribution < 1.29 is 19.1 Å². The van der Waals surface area contributed by atoms with Crippen molar-refractivity contribution >= 4 is 34.8 Å². The van der Waals surface area contributed by atoms with E-state index in [1.807, 2.05) is 60.4 Å². The number of carbonyl (C=O) groups is 2. The van der Waals surface area contributed by atoms with Crippen molar-refractivity contribution in [3.8, 4) is 5.75 Å². The molecule has 7 nitrogen and oxygen atoms in total. The van der Waals surface area contributed by atoms with E-state index in [1.165, 1.54) is 11.1 Å². The summed E-state index contributed by atoms with van der Waals surface area (Å²) in [4.78, 5) is 32.5. The summed E-state index contributed by atoms with van der Waals surface area (Å²) in [7, 11) is 0. The number of carbonyl (C=O) groups excluding carboxylic acids is 2. The second-order valence-corrected chi connectivity index (χ2v) is 18.1. The van der Waals surface area contributed by atoms with E-state index >= 15 is 4.79 Å². The largest absolute Gasteiger partial charge is 0.493 e. The highest BCUT2D eigenvalue weighted by molar-refractivity contribution is 7.99. The van der Waals surface area contributed by atoms with E-state index in [9.17, 15) is 4.79 Å². The normalized spacial score (nSPS) is 16.8. The second kappa shape index (κ2) is 17.8. The Balaban J connectivity index is 1.26. The fraction of sp³-hybridized carbons (Fsp3) is 0.440. The molecule has 1 heterocycles. The molecular weight excluding hydrogens is 739 g/mol. The summed E-state index contributed by atoms with van der Waals surface area (Å²) in [6.45, 7) is 25.1. The second-order valence-electron chi connectivity index (χ2n) is 16.9. The highest BCUT2D eigenvalue weighted by atomic mass is 32.2. The quantitative estimate of drug-likeness (QED) is 0.0894. The number of aryl methyl sites for hydroxylation is 2. The van der Waals surface area contributed by atoms with Crippen molar-refractivity contribution in [3.63, 3.8) is 0 Å². The number of Topliss-reactive ketones (excluding diaryl/α,β-unsaturated/α-hetero) is 1. The lowest BCUT2D eigenvalue weighted by atomic mass is 9.76. The lowest BCUT2D eigenvalue weighted by Gasteiger charge is -2.45. The monoisotopic (exact) mass is 801 g/mol. The highest BCUT2D eigenvalue weighted by Gasteiger charge is 2.50. The molecule has 2 aliphatic rings. The summed E-state index contributed by atoms with van der Waals surface area (Å²) in [5, 5.41) is 3.39. The van der Waals surface area contributed by atoms with E-state index in [0.29, 0.717) is 30.0 Å². The van der Waals surface area contributed by atoms with Gasteiger partial charge in [-0.15, -0.1) is 11.8 Å². The van der Waals surface area contributed by atoms with Crippen LogP contribution in [0, 0.1) is 13.8 Å². The lowest BCUT2D eigenvalue weighted by molar-refractivity contribution is 0.0880. The number of allylic oxidation sites excluding steroid dienone is 1. The minimum Gasteiger partial charge on any atom is -0.493 e. The maximum atomic E-state index is 15.1. The number of fused-ring (bicyclic) bond motifs is 3. The Morgan fingerprint density at radius 2 is 1.53 bits per heavy atom. The number of thioether (sulfide) groups is 1. The molecule has 0 saturated carbocycles. The smallest absolute Gasteiger partial charge is 0.260 e. The first-order valence-electron chi connectivity index (χ1n) is 21.1. The van der Waals surface area contributed by atoms with E-state index in [-0.39, 0.29) is 35.0 Å². The van der Waals surface area contributed by atoms with Crippen molar-refractivity contribution in [2.24, 2.45) is 0 Å². The Hall–Kier alpha value is -4.53. The van der Waals surface area contributed by atoms with Crippen LogP contribution in [0.4, 0.5) is 11.4 Å². The van der Waals surface area contributed by atoms with Crippen LogP contribution in [0.25, 0.3) is 0 Å². The third-order valence-electron chi connectivity index (χ3n) is 12.5. The van der Waals surface area contributed by atoms with Gasteiger partial charge in [0.15, 0.2) is 5.76 Å². The Morgan fingerprint density at radius 1 is 0.810 bits per heavy atom. The summed E-state index contributed by atoms with van der Waals surface area (Å²) < 4.78 is 12.8. The average Bonchev–Trinajstić information content (AvgIpc) is 3.33. The van der Waals surface area contributed by atoms with Crippen LogP contribution in [-0.2, 0) is 26.2 Å². The summed E-state index contributed by atoms with van der Waals surface area (Å²) >= 11 is 1.65. The van der Waals surface area contributed by atoms with Gasteiger partial charge in [-0.3, -0.25) is 19.8 Å². The number of ether oxygens (including phenoxy) is 2. The van der Waals surface area contributed by atoms with Crippen LogP contribution in [0.5, 0.6) is 5.75 Å². The SMILES string of the molecule is CCN(CC)c1ccc(N2C(=O)c3ccccc3CSC23C=C(OCNCCCOc2ccc(C(C)(C)CC)cc2C(C)(C)CC)C(=O)c2cccc(C)c23)c(C)c1. The molecule has 1 aliphatic carbocycles. The summed E-state index contributed by atoms with van der Waals surface area (Å²) in [5.74, 6) is 1.47. The van der Waals surface area contributed by atoms with Gasteiger partial charge in [0.05, 0.1) is 6.61 Å². The first kappa shape index (κ1) is 43.1. The molecular formula is C50H63N3O4S. The minimum absolute atomic E-state index is 0.0118. The van der Waals surface area contributed by atoms with Gasteiger partial charge in [0, 0.05) is 65.1 Å². The summed E-state index contributed by atoms with van der Waals surface area (Å²) in [5.41, 5.74) is 9.53. The van der Waals surface area contributed by atoms with Gasteiger partial charge in [-0.25, -0.2) is 0 Å². The molecule has 1 spiro atoms. The van der Waals surface area contributed by atoms with Gasteiger partial charge in [0.25, 0.3) is 5.91 Å². The number of benzene rings is 4. The van der Waals surface area contributed by atoms with Gasteiger partial charge < -0.3 is 14.4 Å². The zero-order chi connectivity index (χ0) is 41.8. The van der Waals surface area contributed by atoms with Crippen LogP contribution in [0.2, 0.25) is 0 Å². The van der Waals surface area contributed by atoms with Gasteiger partial charge in [-0.2, -0.15) is 0 Å². The molecule has 0 aromatic heterocycles. The molecule has 0 fully saturated rings.